The molecule has 1 aliphatic heterocycles. The van der Waals surface area contributed by atoms with Gasteiger partial charge < -0.3 is 4.74 Å². The number of hydrogen-bond acceptors (Lipinski definition) is 5. The van der Waals surface area contributed by atoms with Crippen molar-refractivity contribution in [1.82, 2.24) is 10.2 Å². The first-order chi connectivity index (χ1) is 7.31. The van der Waals surface area contributed by atoms with Crippen molar-refractivity contribution in [2.24, 2.45) is 0 Å². The third-order valence-corrected chi connectivity index (χ3v) is 3.82. The number of hydrogen-bond donors (Lipinski definition) is 0. The van der Waals surface area contributed by atoms with Crippen molar-refractivity contribution in [2.75, 3.05) is 6.61 Å². The van der Waals surface area contributed by atoms with Crippen LogP contribution in [-0.4, -0.2) is 28.2 Å². The molecule has 15 heavy (non-hydrogen) atoms. The van der Waals surface area contributed by atoms with Gasteiger partial charge in [0, 0.05) is 11.9 Å². The molecule has 4 nitrogen and oxygen atoms in total. The van der Waals surface area contributed by atoms with Gasteiger partial charge in [0.2, 0.25) is 0 Å². The van der Waals surface area contributed by atoms with Crippen molar-refractivity contribution < 1.29 is 4.74 Å². The first kappa shape index (κ1) is 10.4. The minimum Gasteiger partial charge on any atom is -0.377 e. The van der Waals surface area contributed by atoms with Gasteiger partial charge in [-0.2, -0.15) is 10.4 Å². The molecule has 0 aromatic carbocycles. The molecule has 1 saturated heterocycles. The van der Waals surface area contributed by atoms with E-state index >= 15 is 0 Å². The number of nitriles is 1. The number of rotatable bonds is 2. The molecule has 1 aliphatic rings. The fourth-order valence-corrected chi connectivity index (χ4v) is 2.61. The summed E-state index contributed by atoms with van der Waals surface area (Å²) < 4.78 is 5.46. The van der Waals surface area contributed by atoms with E-state index in [-0.39, 0.29) is 6.10 Å². The summed E-state index contributed by atoms with van der Waals surface area (Å²) in [5.74, 6) is 0. The van der Waals surface area contributed by atoms with E-state index in [2.05, 4.69) is 16.3 Å². The summed E-state index contributed by atoms with van der Waals surface area (Å²) in [4.78, 5) is 0. The van der Waals surface area contributed by atoms with E-state index in [1.54, 1.807) is 17.8 Å². The normalized spacial score (nSPS) is 25.1. The number of ether oxygens (including phenoxy) is 1. The Bertz CT molecular complexity index is 390. The van der Waals surface area contributed by atoms with E-state index in [9.17, 15) is 0 Å². The van der Waals surface area contributed by atoms with Crippen molar-refractivity contribution in [3.8, 4) is 6.07 Å². The van der Waals surface area contributed by atoms with Gasteiger partial charge >= 0.3 is 0 Å². The highest BCUT2D eigenvalue weighted by Crippen LogP contribution is 2.32. The Morgan fingerprint density at radius 3 is 3.20 bits per heavy atom. The van der Waals surface area contributed by atoms with Crippen LogP contribution in [0, 0.1) is 11.3 Å². The lowest BCUT2D eigenvalue weighted by Crippen LogP contribution is -2.13. The average molecular weight is 221 g/mol. The molecule has 0 spiro atoms. The minimum atomic E-state index is 0.226. The van der Waals surface area contributed by atoms with Crippen molar-refractivity contribution in [2.45, 2.75) is 29.7 Å². The van der Waals surface area contributed by atoms with Gasteiger partial charge in [0.15, 0.2) is 0 Å². The SMILES string of the molecule is CC1OCCC1Sc1nnccc1C#N. The van der Waals surface area contributed by atoms with E-state index in [1.165, 1.54) is 6.20 Å². The second-order valence-corrected chi connectivity index (χ2v) is 4.61. The molecule has 2 unspecified atom stereocenters. The number of thioether (sulfide) groups is 1. The fraction of sp³-hybridized carbons (Fsp3) is 0.500. The van der Waals surface area contributed by atoms with Crippen LogP contribution < -0.4 is 0 Å². The Morgan fingerprint density at radius 1 is 1.67 bits per heavy atom. The second kappa shape index (κ2) is 4.60. The van der Waals surface area contributed by atoms with Crippen molar-refractivity contribution in [3.05, 3.63) is 17.8 Å². The zero-order valence-electron chi connectivity index (χ0n) is 8.38. The molecular weight excluding hydrogens is 210 g/mol. The Balaban J connectivity index is 2.14. The van der Waals surface area contributed by atoms with Gasteiger partial charge in [-0.25, -0.2) is 0 Å². The van der Waals surface area contributed by atoms with Crippen molar-refractivity contribution in [1.29, 1.82) is 5.26 Å². The van der Waals surface area contributed by atoms with E-state index in [1.807, 2.05) is 6.92 Å². The molecule has 0 saturated carbocycles. The number of aromatic nitrogens is 2. The zero-order chi connectivity index (χ0) is 10.7. The highest BCUT2D eigenvalue weighted by molar-refractivity contribution is 8.00. The first-order valence-corrected chi connectivity index (χ1v) is 5.69. The lowest BCUT2D eigenvalue weighted by atomic mass is 10.3. The molecule has 5 heteroatoms. The maximum absolute atomic E-state index is 8.90. The Labute approximate surface area is 92.7 Å². The molecule has 0 amide bonds. The lowest BCUT2D eigenvalue weighted by Gasteiger charge is -2.12. The topological polar surface area (TPSA) is 58.8 Å². The number of nitrogens with zero attached hydrogens (tertiary/aromatic N) is 3. The Kier molecular flexibility index (Phi) is 3.19. The van der Waals surface area contributed by atoms with Crippen LogP contribution in [0.3, 0.4) is 0 Å². The van der Waals surface area contributed by atoms with E-state index in [0.717, 1.165) is 13.0 Å². The summed E-state index contributed by atoms with van der Waals surface area (Å²) in [5, 5.41) is 17.8. The second-order valence-electron chi connectivity index (χ2n) is 3.38. The molecule has 2 rings (SSSR count). The van der Waals surface area contributed by atoms with Crippen LogP contribution in [0.25, 0.3) is 0 Å². The molecule has 1 aromatic heterocycles. The summed E-state index contributed by atoms with van der Waals surface area (Å²) in [6.45, 7) is 2.84. The molecule has 78 valence electrons. The highest BCUT2D eigenvalue weighted by atomic mass is 32.2. The zero-order valence-corrected chi connectivity index (χ0v) is 9.20. The summed E-state index contributed by atoms with van der Waals surface area (Å²) in [6, 6.07) is 3.81. The van der Waals surface area contributed by atoms with Crippen LogP contribution in [0.15, 0.2) is 17.3 Å². The van der Waals surface area contributed by atoms with E-state index < -0.39 is 0 Å². The van der Waals surface area contributed by atoms with Crippen LogP contribution in [-0.2, 0) is 4.74 Å². The molecular formula is C10H11N3OS. The van der Waals surface area contributed by atoms with Gasteiger partial charge in [-0.3, -0.25) is 0 Å². The van der Waals surface area contributed by atoms with Crippen LogP contribution in [0.1, 0.15) is 18.9 Å². The van der Waals surface area contributed by atoms with E-state index in [4.69, 9.17) is 10.00 Å². The summed E-state index contributed by atoms with van der Waals surface area (Å²) >= 11 is 1.59. The largest absolute Gasteiger partial charge is 0.377 e. The van der Waals surface area contributed by atoms with Gasteiger partial charge in [0.1, 0.15) is 11.1 Å². The third kappa shape index (κ3) is 2.28. The Morgan fingerprint density at radius 2 is 2.53 bits per heavy atom. The van der Waals surface area contributed by atoms with Gasteiger partial charge in [-0.15, -0.1) is 5.10 Å². The van der Waals surface area contributed by atoms with Crippen LogP contribution in [0.5, 0.6) is 0 Å². The quantitative estimate of drug-likeness (QED) is 0.759. The van der Waals surface area contributed by atoms with Crippen molar-refractivity contribution >= 4 is 11.8 Å². The van der Waals surface area contributed by atoms with Gasteiger partial charge in [0.25, 0.3) is 0 Å². The highest BCUT2D eigenvalue weighted by Gasteiger charge is 2.26. The minimum absolute atomic E-state index is 0.226. The molecule has 0 N–H and O–H groups in total. The smallest absolute Gasteiger partial charge is 0.137 e. The monoisotopic (exact) mass is 221 g/mol. The fourth-order valence-electron chi connectivity index (χ4n) is 1.50. The summed E-state index contributed by atoms with van der Waals surface area (Å²) in [6.07, 6.45) is 2.77. The van der Waals surface area contributed by atoms with Gasteiger partial charge in [0.05, 0.1) is 17.9 Å². The predicted molar refractivity (Wildman–Crippen MR) is 56.4 cm³/mol. The van der Waals surface area contributed by atoms with Crippen LogP contribution >= 0.6 is 11.8 Å². The third-order valence-electron chi connectivity index (χ3n) is 2.38. The van der Waals surface area contributed by atoms with Crippen LogP contribution in [0.2, 0.25) is 0 Å². The Hall–Kier alpha value is -1.12. The first-order valence-electron chi connectivity index (χ1n) is 4.81. The van der Waals surface area contributed by atoms with Crippen LogP contribution in [0.4, 0.5) is 0 Å². The molecule has 2 atom stereocenters. The van der Waals surface area contributed by atoms with Gasteiger partial charge in [-0.1, -0.05) is 11.8 Å². The average Bonchev–Trinajstić information content (AvgIpc) is 2.65. The maximum Gasteiger partial charge on any atom is 0.137 e. The molecule has 0 radical (unpaired) electrons. The lowest BCUT2D eigenvalue weighted by molar-refractivity contribution is 0.127. The standard InChI is InChI=1S/C10H11N3OS/c1-7-9(3-5-14-7)15-10-8(6-11)2-4-12-13-10/h2,4,7,9H,3,5H2,1H3. The molecule has 1 fully saturated rings. The summed E-state index contributed by atoms with van der Waals surface area (Å²) in [5.41, 5.74) is 0.592. The molecule has 2 heterocycles. The molecule has 0 aliphatic carbocycles. The van der Waals surface area contributed by atoms with Crippen molar-refractivity contribution in [3.63, 3.8) is 0 Å². The van der Waals surface area contributed by atoms with Gasteiger partial charge in [-0.05, 0) is 19.4 Å². The maximum atomic E-state index is 8.90. The molecule has 1 aromatic rings. The van der Waals surface area contributed by atoms with E-state index in [0.29, 0.717) is 15.8 Å². The summed E-state index contributed by atoms with van der Waals surface area (Å²) in [7, 11) is 0. The molecule has 0 bridgehead atoms. The predicted octanol–water partition coefficient (Wildman–Crippen LogP) is 1.62.